The summed E-state index contributed by atoms with van der Waals surface area (Å²) in [6, 6.07) is 4.97. The smallest absolute Gasteiger partial charge is 0.338 e. The topological polar surface area (TPSA) is 67.1 Å². The van der Waals surface area contributed by atoms with E-state index in [-0.39, 0.29) is 5.56 Å². The normalized spacial score (nSPS) is 10.1. The lowest BCUT2D eigenvalue weighted by atomic mass is 10.0. The van der Waals surface area contributed by atoms with Gasteiger partial charge in [-0.15, -0.1) is 0 Å². The fourth-order valence-electron chi connectivity index (χ4n) is 2.09. The van der Waals surface area contributed by atoms with Crippen LogP contribution in [0.4, 0.5) is 0 Å². The highest BCUT2D eigenvalue weighted by atomic mass is 16.5. The van der Waals surface area contributed by atoms with Gasteiger partial charge in [0.2, 0.25) is 5.75 Å². The Kier molecular flexibility index (Phi) is 4.37. The summed E-state index contributed by atoms with van der Waals surface area (Å²) in [6.07, 6.45) is 1.51. The lowest BCUT2D eigenvalue weighted by Crippen LogP contribution is -2.07. The lowest BCUT2D eigenvalue weighted by molar-refractivity contribution is 0.0600. The van der Waals surface area contributed by atoms with Gasteiger partial charge >= 0.3 is 5.97 Å². The highest BCUT2D eigenvalue weighted by Crippen LogP contribution is 2.46. The van der Waals surface area contributed by atoms with Crippen LogP contribution in [-0.4, -0.2) is 34.4 Å². The van der Waals surface area contributed by atoms with E-state index in [4.69, 9.17) is 23.4 Å². The first-order valence-corrected chi connectivity index (χ1v) is 6.13. The highest BCUT2D eigenvalue weighted by Gasteiger charge is 2.27. The summed E-state index contributed by atoms with van der Waals surface area (Å²) >= 11 is 0. The summed E-state index contributed by atoms with van der Waals surface area (Å²) in [5.74, 6) is 1.02. The van der Waals surface area contributed by atoms with Gasteiger partial charge in [0.05, 0.1) is 45.8 Å². The van der Waals surface area contributed by atoms with Crippen molar-refractivity contribution >= 4 is 5.97 Å². The van der Waals surface area contributed by atoms with E-state index in [9.17, 15) is 4.79 Å². The van der Waals surface area contributed by atoms with Gasteiger partial charge in [0, 0.05) is 0 Å². The van der Waals surface area contributed by atoms with E-state index in [0.717, 1.165) is 0 Å². The molecule has 0 saturated carbocycles. The summed E-state index contributed by atoms with van der Waals surface area (Å²) < 4.78 is 26.2. The number of esters is 1. The molecule has 0 N–H and O–H groups in total. The molecule has 6 heteroatoms. The molecule has 0 bridgehead atoms. The minimum absolute atomic E-state index is 0.266. The van der Waals surface area contributed by atoms with E-state index < -0.39 is 5.97 Å². The number of furan rings is 1. The maximum atomic E-state index is 12.0. The van der Waals surface area contributed by atoms with Crippen molar-refractivity contribution in [3.05, 3.63) is 30.0 Å². The van der Waals surface area contributed by atoms with E-state index in [2.05, 4.69) is 0 Å². The molecule has 0 amide bonds. The van der Waals surface area contributed by atoms with Crippen molar-refractivity contribution in [2.45, 2.75) is 0 Å². The Balaban J connectivity index is 2.83. The molecule has 2 aromatic rings. The van der Waals surface area contributed by atoms with E-state index in [0.29, 0.717) is 28.6 Å². The molecule has 0 aliphatic heterocycles. The average Bonchev–Trinajstić information content (AvgIpc) is 3.05. The largest absolute Gasteiger partial charge is 0.493 e. The van der Waals surface area contributed by atoms with Gasteiger partial charge in [-0.1, -0.05) is 0 Å². The third-order valence-corrected chi connectivity index (χ3v) is 3.00. The first kappa shape index (κ1) is 14.8. The molecule has 0 fully saturated rings. The van der Waals surface area contributed by atoms with Crippen LogP contribution in [0.5, 0.6) is 17.2 Å². The van der Waals surface area contributed by atoms with Gasteiger partial charge in [-0.05, 0) is 18.2 Å². The van der Waals surface area contributed by atoms with Gasteiger partial charge in [0.25, 0.3) is 0 Å². The van der Waals surface area contributed by atoms with Crippen LogP contribution in [0.1, 0.15) is 10.4 Å². The zero-order chi connectivity index (χ0) is 15.4. The fourth-order valence-corrected chi connectivity index (χ4v) is 2.09. The third kappa shape index (κ3) is 2.52. The summed E-state index contributed by atoms with van der Waals surface area (Å²) in [5.41, 5.74) is 0.717. The van der Waals surface area contributed by atoms with Crippen molar-refractivity contribution in [3.63, 3.8) is 0 Å². The molecule has 2 rings (SSSR count). The lowest BCUT2D eigenvalue weighted by Gasteiger charge is -2.17. The molecule has 0 saturated heterocycles. The molecular weight excluding hydrogens is 276 g/mol. The maximum absolute atomic E-state index is 12.0. The molecule has 0 spiro atoms. The van der Waals surface area contributed by atoms with Crippen LogP contribution < -0.4 is 14.2 Å². The molecule has 21 heavy (non-hydrogen) atoms. The van der Waals surface area contributed by atoms with Crippen LogP contribution in [0.3, 0.4) is 0 Å². The molecule has 112 valence electrons. The van der Waals surface area contributed by atoms with Gasteiger partial charge in [0.15, 0.2) is 11.5 Å². The zero-order valence-electron chi connectivity index (χ0n) is 12.3. The number of carbonyl (C=O) groups excluding carboxylic acids is 1. The molecule has 0 radical (unpaired) electrons. The Labute approximate surface area is 122 Å². The van der Waals surface area contributed by atoms with E-state index in [1.807, 2.05) is 0 Å². The van der Waals surface area contributed by atoms with E-state index in [1.165, 1.54) is 40.8 Å². The Hall–Kier alpha value is -2.63. The highest BCUT2D eigenvalue weighted by molar-refractivity contribution is 6.00. The minimum Gasteiger partial charge on any atom is -0.493 e. The molecule has 0 aliphatic rings. The predicted octanol–water partition coefficient (Wildman–Crippen LogP) is 2.76. The van der Waals surface area contributed by atoms with Crippen molar-refractivity contribution in [2.24, 2.45) is 0 Å². The van der Waals surface area contributed by atoms with Gasteiger partial charge in [-0.3, -0.25) is 0 Å². The van der Waals surface area contributed by atoms with Crippen LogP contribution >= 0.6 is 0 Å². The number of ether oxygens (including phenoxy) is 4. The summed E-state index contributed by atoms with van der Waals surface area (Å²) in [6.45, 7) is 0. The summed E-state index contributed by atoms with van der Waals surface area (Å²) in [4.78, 5) is 12.0. The minimum atomic E-state index is -0.527. The first-order valence-electron chi connectivity index (χ1n) is 6.13. The van der Waals surface area contributed by atoms with Crippen LogP contribution in [-0.2, 0) is 4.74 Å². The van der Waals surface area contributed by atoms with Crippen LogP contribution in [0.2, 0.25) is 0 Å². The fraction of sp³-hybridized carbons (Fsp3) is 0.267. The van der Waals surface area contributed by atoms with Crippen molar-refractivity contribution in [2.75, 3.05) is 28.4 Å². The summed E-state index contributed by atoms with van der Waals surface area (Å²) in [7, 11) is 5.75. The van der Waals surface area contributed by atoms with Gasteiger partial charge in [-0.25, -0.2) is 4.79 Å². The van der Waals surface area contributed by atoms with Crippen molar-refractivity contribution in [3.8, 4) is 28.6 Å². The number of carbonyl (C=O) groups is 1. The first-order chi connectivity index (χ1) is 10.2. The van der Waals surface area contributed by atoms with Gasteiger partial charge in [0.1, 0.15) is 5.76 Å². The van der Waals surface area contributed by atoms with Crippen LogP contribution in [0.25, 0.3) is 11.3 Å². The number of methoxy groups -OCH3 is 4. The van der Waals surface area contributed by atoms with Crippen LogP contribution in [0.15, 0.2) is 28.9 Å². The third-order valence-electron chi connectivity index (χ3n) is 3.00. The zero-order valence-corrected chi connectivity index (χ0v) is 12.3. The Morgan fingerprint density at radius 3 is 2.24 bits per heavy atom. The SMILES string of the molecule is COC(=O)c1cc(OC)c(OC)c(OC)c1-c1ccco1. The second-order valence-corrected chi connectivity index (χ2v) is 4.04. The quantitative estimate of drug-likeness (QED) is 0.789. The predicted molar refractivity (Wildman–Crippen MR) is 75.1 cm³/mol. The molecule has 1 aromatic heterocycles. The van der Waals surface area contributed by atoms with Gasteiger partial charge in [-0.2, -0.15) is 0 Å². The van der Waals surface area contributed by atoms with Crippen molar-refractivity contribution in [1.29, 1.82) is 0 Å². The Morgan fingerprint density at radius 2 is 1.76 bits per heavy atom. The second kappa shape index (κ2) is 6.21. The van der Waals surface area contributed by atoms with E-state index >= 15 is 0 Å². The number of rotatable bonds is 5. The Morgan fingerprint density at radius 1 is 1.05 bits per heavy atom. The van der Waals surface area contributed by atoms with Crippen molar-refractivity contribution in [1.82, 2.24) is 0 Å². The number of hydrogen-bond donors (Lipinski definition) is 0. The molecule has 1 heterocycles. The average molecular weight is 292 g/mol. The molecule has 0 atom stereocenters. The maximum Gasteiger partial charge on any atom is 0.338 e. The standard InChI is InChI=1S/C15H16O6/c1-17-11-8-9(15(16)20-4)12(10-6-5-7-21-10)14(19-3)13(11)18-2/h5-8H,1-4H3. The monoisotopic (exact) mass is 292 g/mol. The molecule has 6 nitrogen and oxygen atoms in total. The number of benzene rings is 1. The van der Waals surface area contributed by atoms with E-state index in [1.54, 1.807) is 12.1 Å². The second-order valence-electron chi connectivity index (χ2n) is 4.04. The summed E-state index contributed by atoms with van der Waals surface area (Å²) in [5, 5.41) is 0. The Bertz CT molecular complexity index is 630. The molecule has 1 aromatic carbocycles. The molecule has 0 aliphatic carbocycles. The number of hydrogen-bond acceptors (Lipinski definition) is 6. The van der Waals surface area contributed by atoms with Crippen molar-refractivity contribution < 1.29 is 28.2 Å². The van der Waals surface area contributed by atoms with Crippen LogP contribution in [0, 0.1) is 0 Å². The molecule has 0 unspecified atom stereocenters. The van der Waals surface area contributed by atoms with Gasteiger partial charge < -0.3 is 23.4 Å². The molecular formula is C15H16O6.